The molecule has 0 aliphatic carbocycles. The molecule has 3 nitrogen and oxygen atoms in total. The van der Waals surface area contributed by atoms with E-state index in [2.05, 4.69) is 15.4 Å². The summed E-state index contributed by atoms with van der Waals surface area (Å²) >= 11 is 7.01. The normalized spacial score (nSPS) is 10.9. The fraction of sp³-hybridized carbons (Fsp3) is 0.0909. The number of benzene rings is 2. The topological polar surface area (TPSA) is 44.5 Å². The highest BCUT2D eigenvalue weighted by molar-refractivity contribution is 7.94. The minimum atomic E-state index is 0.711. The molecule has 0 saturated carbocycles. The van der Waals surface area contributed by atoms with Gasteiger partial charge in [0.25, 0.3) is 0 Å². The van der Waals surface area contributed by atoms with Crippen LogP contribution in [0.15, 0.2) is 35.2 Å². The molecular formula is C11H10ClNO2S. The van der Waals surface area contributed by atoms with Crippen molar-refractivity contribution in [2.24, 2.45) is 5.90 Å². The predicted octanol–water partition coefficient (Wildman–Crippen LogP) is 3.63. The minimum absolute atomic E-state index is 0.711. The van der Waals surface area contributed by atoms with E-state index in [9.17, 15) is 0 Å². The fourth-order valence-electron chi connectivity index (χ4n) is 1.51. The van der Waals surface area contributed by atoms with Gasteiger partial charge < -0.3 is 0 Å². The molecule has 0 atom stereocenters. The van der Waals surface area contributed by atoms with Crippen LogP contribution in [-0.2, 0) is 9.32 Å². The molecule has 0 spiro atoms. The summed E-state index contributed by atoms with van der Waals surface area (Å²) in [6.07, 6.45) is 0. The summed E-state index contributed by atoms with van der Waals surface area (Å²) in [6, 6.07) is 9.81. The first kappa shape index (κ1) is 11.7. The lowest BCUT2D eigenvalue weighted by atomic mass is 10.1. The first-order chi connectivity index (χ1) is 7.70. The maximum absolute atomic E-state index is 5.93. The number of nitrogens with two attached hydrogens (primary N) is 1. The molecule has 0 saturated heterocycles. The summed E-state index contributed by atoms with van der Waals surface area (Å²) in [7, 11) is 0. The molecule has 2 aromatic rings. The summed E-state index contributed by atoms with van der Waals surface area (Å²) in [5, 5.41) is 2.91. The van der Waals surface area contributed by atoms with E-state index >= 15 is 0 Å². The molecule has 2 rings (SSSR count). The number of hydrogen-bond donors (Lipinski definition) is 1. The maximum atomic E-state index is 5.93. The van der Waals surface area contributed by atoms with Gasteiger partial charge in [0.15, 0.2) is 0 Å². The van der Waals surface area contributed by atoms with Crippen LogP contribution in [0.1, 0.15) is 5.56 Å². The molecule has 0 heterocycles. The zero-order chi connectivity index (χ0) is 11.5. The molecule has 0 radical (unpaired) electrons. The molecule has 0 fully saturated rings. The quantitative estimate of drug-likeness (QED) is 0.517. The Kier molecular flexibility index (Phi) is 3.68. The van der Waals surface area contributed by atoms with Crippen LogP contribution in [-0.4, -0.2) is 0 Å². The largest absolute Gasteiger partial charge is 0.182 e. The molecule has 0 aliphatic heterocycles. The average Bonchev–Trinajstić information content (AvgIpc) is 2.27. The summed E-state index contributed by atoms with van der Waals surface area (Å²) in [6.45, 7) is 2.00. The number of halogens is 1. The molecule has 0 bridgehead atoms. The van der Waals surface area contributed by atoms with Gasteiger partial charge in [-0.3, -0.25) is 0 Å². The van der Waals surface area contributed by atoms with Crippen LogP contribution in [0.25, 0.3) is 10.8 Å². The lowest BCUT2D eigenvalue weighted by Gasteiger charge is -2.06. The highest BCUT2D eigenvalue weighted by Crippen LogP contribution is 2.29. The first-order valence-corrected chi connectivity index (χ1v) is 5.72. The van der Waals surface area contributed by atoms with Crippen molar-refractivity contribution in [1.29, 1.82) is 0 Å². The SMILES string of the molecule is Cc1cc2ccc(Cl)cc2cc1SOON. The zero-order valence-electron chi connectivity index (χ0n) is 8.57. The number of hydrogen-bond acceptors (Lipinski definition) is 4. The van der Waals surface area contributed by atoms with Crippen molar-refractivity contribution >= 4 is 34.4 Å². The Morgan fingerprint density at radius 3 is 2.75 bits per heavy atom. The first-order valence-electron chi connectivity index (χ1n) is 4.60. The van der Waals surface area contributed by atoms with Gasteiger partial charge in [0.1, 0.15) is 0 Å². The summed E-state index contributed by atoms with van der Waals surface area (Å²) < 4.78 is 4.64. The van der Waals surface area contributed by atoms with Gasteiger partial charge in [-0.1, -0.05) is 23.7 Å². The maximum Gasteiger partial charge on any atom is 0.0705 e. The summed E-state index contributed by atoms with van der Waals surface area (Å²) in [5.74, 6) is 4.80. The molecule has 2 N–H and O–H groups in total. The van der Waals surface area contributed by atoms with Gasteiger partial charge in [0.05, 0.1) is 12.0 Å². The van der Waals surface area contributed by atoms with Crippen molar-refractivity contribution in [2.75, 3.05) is 0 Å². The van der Waals surface area contributed by atoms with Gasteiger partial charge in [-0.05, 0) is 41.5 Å². The van der Waals surface area contributed by atoms with Gasteiger partial charge in [0, 0.05) is 9.92 Å². The van der Waals surface area contributed by atoms with Crippen LogP contribution in [0.3, 0.4) is 0 Å². The van der Waals surface area contributed by atoms with E-state index in [1.54, 1.807) is 0 Å². The van der Waals surface area contributed by atoms with Gasteiger partial charge in [0.2, 0.25) is 0 Å². The zero-order valence-corrected chi connectivity index (χ0v) is 10.1. The second-order valence-corrected chi connectivity index (χ2v) is 4.54. The third kappa shape index (κ3) is 2.48. The molecule has 0 aliphatic rings. The highest BCUT2D eigenvalue weighted by Gasteiger charge is 2.04. The van der Waals surface area contributed by atoms with E-state index < -0.39 is 0 Å². The Morgan fingerprint density at radius 2 is 2.00 bits per heavy atom. The van der Waals surface area contributed by atoms with E-state index in [0.29, 0.717) is 5.02 Å². The molecular weight excluding hydrogens is 246 g/mol. The molecule has 0 amide bonds. The lowest BCUT2D eigenvalue weighted by molar-refractivity contribution is -0.195. The molecule has 0 unspecified atom stereocenters. The Hall–Kier alpha value is -0.780. The summed E-state index contributed by atoms with van der Waals surface area (Å²) in [5.41, 5.74) is 1.09. The number of aryl methyl sites for hydroxylation is 1. The van der Waals surface area contributed by atoms with Crippen molar-refractivity contribution in [3.8, 4) is 0 Å². The predicted molar refractivity (Wildman–Crippen MR) is 65.9 cm³/mol. The minimum Gasteiger partial charge on any atom is -0.182 e. The Bertz CT molecular complexity index is 519. The highest BCUT2D eigenvalue weighted by atomic mass is 35.5. The van der Waals surface area contributed by atoms with Crippen molar-refractivity contribution in [1.82, 2.24) is 0 Å². The Balaban J connectivity index is 2.46. The van der Waals surface area contributed by atoms with Gasteiger partial charge in [-0.25, -0.2) is 0 Å². The van der Waals surface area contributed by atoms with Crippen LogP contribution >= 0.6 is 23.6 Å². The fourth-order valence-corrected chi connectivity index (χ4v) is 2.17. The van der Waals surface area contributed by atoms with Crippen LogP contribution in [0.5, 0.6) is 0 Å². The standard InChI is InChI=1S/C11H10ClNO2S/c1-7-4-8-2-3-10(12)5-9(8)6-11(7)16-15-14-13/h2-6H,13H2,1H3. The lowest BCUT2D eigenvalue weighted by Crippen LogP contribution is -1.94. The smallest absolute Gasteiger partial charge is 0.0705 e. The second-order valence-electron chi connectivity index (χ2n) is 3.36. The Labute approximate surface area is 103 Å². The van der Waals surface area contributed by atoms with E-state index in [-0.39, 0.29) is 0 Å². The summed E-state index contributed by atoms with van der Waals surface area (Å²) in [4.78, 5) is 5.02. The monoisotopic (exact) mass is 255 g/mol. The van der Waals surface area contributed by atoms with Gasteiger partial charge >= 0.3 is 0 Å². The van der Waals surface area contributed by atoms with E-state index in [1.165, 1.54) is 0 Å². The van der Waals surface area contributed by atoms with Crippen molar-refractivity contribution in [2.45, 2.75) is 11.8 Å². The third-order valence-electron chi connectivity index (χ3n) is 2.26. The number of fused-ring (bicyclic) bond motifs is 1. The van der Waals surface area contributed by atoms with Crippen LogP contribution in [0, 0.1) is 6.92 Å². The molecule has 16 heavy (non-hydrogen) atoms. The van der Waals surface area contributed by atoms with Crippen LogP contribution < -0.4 is 5.90 Å². The molecule has 0 aromatic heterocycles. The van der Waals surface area contributed by atoms with Gasteiger partial charge in [-0.15, -0.1) is 9.32 Å². The van der Waals surface area contributed by atoms with E-state index in [0.717, 1.165) is 33.3 Å². The van der Waals surface area contributed by atoms with Crippen molar-refractivity contribution in [3.63, 3.8) is 0 Å². The van der Waals surface area contributed by atoms with E-state index in [1.807, 2.05) is 31.2 Å². The van der Waals surface area contributed by atoms with Crippen molar-refractivity contribution in [3.05, 3.63) is 40.9 Å². The molecule has 5 heteroatoms. The van der Waals surface area contributed by atoms with Gasteiger partial charge in [-0.2, -0.15) is 5.90 Å². The molecule has 2 aromatic carbocycles. The average molecular weight is 256 g/mol. The number of rotatable bonds is 3. The van der Waals surface area contributed by atoms with Crippen molar-refractivity contribution < 1.29 is 9.32 Å². The Morgan fingerprint density at radius 1 is 1.19 bits per heavy atom. The van der Waals surface area contributed by atoms with Crippen LogP contribution in [0.2, 0.25) is 5.02 Å². The second kappa shape index (κ2) is 5.03. The van der Waals surface area contributed by atoms with E-state index in [4.69, 9.17) is 17.5 Å². The molecule has 84 valence electrons. The third-order valence-corrected chi connectivity index (χ3v) is 3.26. The van der Waals surface area contributed by atoms with Crippen LogP contribution in [0.4, 0.5) is 0 Å².